The molecule has 1 atom stereocenters. The lowest BCUT2D eigenvalue weighted by Gasteiger charge is -2.17. The normalized spacial score (nSPS) is 12.2. The summed E-state index contributed by atoms with van der Waals surface area (Å²) >= 11 is 12.1. The van der Waals surface area contributed by atoms with Gasteiger partial charge in [0.25, 0.3) is 0 Å². The molecule has 35 heavy (non-hydrogen) atoms. The molecule has 0 aliphatic carbocycles. The number of amides is 1. The number of carbonyl (C=O) groups is 1. The van der Waals surface area contributed by atoms with Gasteiger partial charge in [-0.1, -0.05) is 54.4 Å². The number of anilines is 1. The van der Waals surface area contributed by atoms with Gasteiger partial charge in [-0.2, -0.15) is 18.7 Å². The minimum absolute atomic E-state index is 0.0165. The van der Waals surface area contributed by atoms with Crippen LogP contribution in [0.1, 0.15) is 18.1 Å². The smallest absolute Gasteiger partial charge is 0.350 e. The van der Waals surface area contributed by atoms with Crippen molar-refractivity contribution in [3.63, 3.8) is 0 Å². The Kier molecular flexibility index (Phi) is 8.98. The van der Waals surface area contributed by atoms with Gasteiger partial charge in [0.1, 0.15) is 16.8 Å². The van der Waals surface area contributed by atoms with Crippen molar-refractivity contribution in [2.75, 3.05) is 24.7 Å². The molecule has 12 heteroatoms. The van der Waals surface area contributed by atoms with Crippen molar-refractivity contribution in [2.24, 2.45) is 0 Å². The van der Waals surface area contributed by atoms with Crippen LogP contribution in [0.5, 0.6) is 6.01 Å². The number of hydrogen-bond donors (Lipinski definition) is 2. The molecule has 0 saturated carbocycles. The number of nitrogens with zero attached hydrogens (tertiary/aromatic N) is 2. The molecule has 1 unspecified atom stereocenters. The Bertz CT molecular complexity index is 1250. The lowest BCUT2D eigenvalue weighted by molar-refractivity contribution is -0.144. The molecular formula is C23H22Cl2F2N4O3S. The summed E-state index contributed by atoms with van der Waals surface area (Å²) in [6.07, 6.45) is 0.577. The van der Waals surface area contributed by atoms with Crippen molar-refractivity contribution < 1.29 is 22.5 Å². The molecule has 1 aromatic heterocycles. The zero-order valence-corrected chi connectivity index (χ0v) is 21.1. The van der Waals surface area contributed by atoms with Crippen molar-refractivity contribution in [3.05, 3.63) is 69.7 Å². The molecule has 0 spiro atoms. The lowest BCUT2D eigenvalue weighted by Crippen LogP contribution is -2.39. The van der Waals surface area contributed by atoms with Crippen LogP contribution in [0.3, 0.4) is 0 Å². The first-order valence-electron chi connectivity index (χ1n) is 10.4. The quantitative estimate of drug-likeness (QED) is 0.374. The van der Waals surface area contributed by atoms with E-state index in [-0.39, 0.29) is 11.8 Å². The second kappa shape index (κ2) is 11.7. The van der Waals surface area contributed by atoms with Gasteiger partial charge in [-0.25, -0.2) is 4.21 Å². The topological polar surface area (TPSA) is 93.2 Å². The third-order valence-corrected chi connectivity index (χ3v) is 6.40. The third kappa shape index (κ3) is 6.87. The van der Waals surface area contributed by atoms with Crippen molar-refractivity contribution in [1.29, 1.82) is 0 Å². The average molecular weight is 543 g/mol. The molecule has 1 amide bonds. The summed E-state index contributed by atoms with van der Waals surface area (Å²) in [6.45, 7) is 1.97. The summed E-state index contributed by atoms with van der Waals surface area (Å²) in [4.78, 5) is 20.5. The number of halogens is 4. The maximum Gasteiger partial charge on any atom is 0.350 e. The van der Waals surface area contributed by atoms with E-state index in [1.807, 2.05) is 10.8 Å². The number of carbonyl (C=O) groups excluding carboxylic acids is 1. The van der Waals surface area contributed by atoms with Crippen LogP contribution in [-0.4, -0.2) is 39.5 Å². The molecule has 3 aromatic rings. The highest BCUT2D eigenvalue weighted by atomic mass is 35.5. The maximum atomic E-state index is 14.7. The molecule has 0 saturated heterocycles. The van der Waals surface area contributed by atoms with Crippen LogP contribution in [0.2, 0.25) is 10.0 Å². The summed E-state index contributed by atoms with van der Waals surface area (Å²) < 4.78 is 47.9. The summed E-state index contributed by atoms with van der Waals surface area (Å²) in [6, 6.07) is 12.1. The van der Waals surface area contributed by atoms with Crippen molar-refractivity contribution in [2.45, 2.75) is 19.3 Å². The van der Waals surface area contributed by atoms with E-state index in [0.29, 0.717) is 40.1 Å². The molecule has 1 heterocycles. The van der Waals surface area contributed by atoms with E-state index < -0.39 is 28.4 Å². The second-order valence-electron chi connectivity index (χ2n) is 7.26. The van der Waals surface area contributed by atoms with E-state index >= 15 is 0 Å². The van der Waals surface area contributed by atoms with Crippen LogP contribution in [0, 0.1) is 0 Å². The Hall–Kier alpha value is -2.82. The standard InChI is InChI=1S/C23H22Cl2F2N4O3S/c1-3-35(33)31-21(32)23(26,27)16-6-4-5-15(11-16)19-13-20(30-22(29-19)34-2)28-10-9-14-7-8-17(24)12-18(14)25/h4-8,11-13H,3,9-10H2,1-2H3,(H,31,32)(H,28,29,30). The van der Waals surface area contributed by atoms with Crippen LogP contribution >= 0.6 is 23.2 Å². The Morgan fingerprint density at radius 1 is 1.14 bits per heavy atom. The Morgan fingerprint density at radius 2 is 1.91 bits per heavy atom. The van der Waals surface area contributed by atoms with Crippen LogP contribution in [0.4, 0.5) is 14.6 Å². The second-order valence-corrected chi connectivity index (χ2v) is 9.57. The molecule has 0 aliphatic rings. The van der Waals surface area contributed by atoms with E-state index in [4.69, 9.17) is 27.9 Å². The predicted octanol–water partition coefficient (Wildman–Crippen LogP) is 5.01. The number of nitrogens with one attached hydrogen (secondary N) is 2. The summed E-state index contributed by atoms with van der Waals surface area (Å²) in [5, 5.41) is 4.23. The molecule has 2 aromatic carbocycles. The fourth-order valence-corrected chi connectivity index (χ4v) is 4.03. The fourth-order valence-electron chi connectivity index (χ4n) is 3.05. The Labute approximate surface area is 213 Å². The first kappa shape index (κ1) is 26.8. The van der Waals surface area contributed by atoms with Crippen molar-refractivity contribution in [1.82, 2.24) is 14.7 Å². The molecule has 186 valence electrons. The number of alkyl halides is 2. The molecular weight excluding hydrogens is 521 g/mol. The van der Waals surface area contributed by atoms with Crippen molar-refractivity contribution in [3.8, 4) is 17.3 Å². The van der Waals surface area contributed by atoms with E-state index in [0.717, 1.165) is 17.7 Å². The monoisotopic (exact) mass is 542 g/mol. The first-order valence-corrected chi connectivity index (χ1v) is 12.5. The zero-order chi connectivity index (χ0) is 25.6. The van der Waals surface area contributed by atoms with Gasteiger partial charge in [-0.15, -0.1) is 0 Å². The zero-order valence-electron chi connectivity index (χ0n) is 18.8. The number of methoxy groups -OCH3 is 1. The molecule has 0 bridgehead atoms. The van der Waals surface area contributed by atoms with Gasteiger partial charge in [0.05, 0.1) is 12.8 Å². The highest BCUT2D eigenvalue weighted by molar-refractivity contribution is 7.83. The predicted molar refractivity (Wildman–Crippen MR) is 133 cm³/mol. The summed E-state index contributed by atoms with van der Waals surface area (Å²) in [5.41, 5.74) is 0.947. The fraction of sp³-hybridized carbons (Fsp3) is 0.261. The molecule has 0 aliphatic heterocycles. The highest BCUT2D eigenvalue weighted by Gasteiger charge is 2.41. The number of hydrogen-bond acceptors (Lipinski definition) is 6. The number of rotatable bonds is 10. The van der Waals surface area contributed by atoms with E-state index in [1.54, 1.807) is 24.3 Å². The highest BCUT2D eigenvalue weighted by Crippen LogP contribution is 2.32. The maximum absolute atomic E-state index is 14.7. The van der Waals surface area contributed by atoms with E-state index in [1.165, 1.54) is 20.1 Å². The SMILES string of the molecule is CCS(=O)NC(=O)C(F)(F)c1cccc(-c2cc(NCCc3ccc(Cl)cc3Cl)nc(OC)n2)c1. The van der Waals surface area contributed by atoms with Gasteiger partial charge in [0.15, 0.2) is 0 Å². The first-order chi connectivity index (χ1) is 16.6. The molecule has 7 nitrogen and oxygen atoms in total. The Morgan fingerprint density at radius 3 is 2.60 bits per heavy atom. The van der Waals surface area contributed by atoms with Gasteiger partial charge in [-0.05, 0) is 30.2 Å². The lowest BCUT2D eigenvalue weighted by atomic mass is 10.0. The number of ether oxygens (including phenoxy) is 1. The third-order valence-electron chi connectivity index (χ3n) is 4.88. The number of benzene rings is 2. The van der Waals surface area contributed by atoms with Crippen LogP contribution < -0.4 is 14.8 Å². The van der Waals surface area contributed by atoms with Crippen LogP contribution in [0.25, 0.3) is 11.3 Å². The minimum atomic E-state index is -3.89. The van der Waals surface area contributed by atoms with Gasteiger partial charge >= 0.3 is 17.8 Å². The van der Waals surface area contributed by atoms with Gasteiger partial charge in [0.2, 0.25) is 0 Å². The van der Waals surface area contributed by atoms with Crippen LogP contribution in [0.15, 0.2) is 48.5 Å². The molecule has 3 rings (SSSR count). The molecule has 0 radical (unpaired) electrons. The van der Waals surface area contributed by atoms with E-state index in [9.17, 15) is 17.8 Å². The van der Waals surface area contributed by atoms with Gasteiger partial charge in [0, 0.05) is 39.5 Å². The summed E-state index contributed by atoms with van der Waals surface area (Å²) in [5.74, 6) is -5.11. The van der Waals surface area contributed by atoms with E-state index in [2.05, 4.69) is 15.3 Å². The van der Waals surface area contributed by atoms with Gasteiger partial charge in [-0.3, -0.25) is 9.52 Å². The Balaban J connectivity index is 1.82. The van der Waals surface area contributed by atoms with Crippen molar-refractivity contribution >= 4 is 45.9 Å². The van der Waals surface area contributed by atoms with Crippen LogP contribution in [-0.2, 0) is 28.1 Å². The molecule has 2 N–H and O–H groups in total. The van der Waals surface area contributed by atoms with Gasteiger partial charge < -0.3 is 10.1 Å². The minimum Gasteiger partial charge on any atom is -0.467 e. The average Bonchev–Trinajstić information content (AvgIpc) is 2.85. The largest absolute Gasteiger partial charge is 0.467 e. The number of aromatic nitrogens is 2. The molecule has 0 fully saturated rings. The summed E-state index contributed by atoms with van der Waals surface area (Å²) in [7, 11) is -0.498.